The molecule has 2 heterocycles. The molecule has 6 heteroatoms. The summed E-state index contributed by atoms with van der Waals surface area (Å²) in [6.07, 6.45) is 1.60. The van der Waals surface area contributed by atoms with Gasteiger partial charge in [0, 0.05) is 18.8 Å². The van der Waals surface area contributed by atoms with Gasteiger partial charge in [0.2, 0.25) is 0 Å². The van der Waals surface area contributed by atoms with Crippen molar-refractivity contribution in [1.29, 1.82) is 0 Å². The van der Waals surface area contributed by atoms with Crippen molar-refractivity contribution in [3.8, 4) is 0 Å². The molecule has 0 fully saturated rings. The smallest absolute Gasteiger partial charge is 0.261 e. The lowest BCUT2D eigenvalue weighted by Gasteiger charge is -2.06. The number of hydrogen-bond acceptors (Lipinski definition) is 4. The van der Waals surface area contributed by atoms with Crippen molar-refractivity contribution in [2.24, 2.45) is 0 Å². The Bertz CT molecular complexity index is 814. The zero-order valence-corrected chi connectivity index (χ0v) is 12.1. The molecule has 1 aromatic carbocycles. The molecular formula is C16H13N3O3. The third-order valence-electron chi connectivity index (χ3n) is 3.51. The van der Waals surface area contributed by atoms with Crippen LogP contribution in [-0.2, 0) is 0 Å². The predicted molar refractivity (Wildman–Crippen MR) is 79.8 cm³/mol. The van der Waals surface area contributed by atoms with Crippen LogP contribution in [0.25, 0.3) is 0 Å². The van der Waals surface area contributed by atoms with Gasteiger partial charge in [0.25, 0.3) is 17.7 Å². The van der Waals surface area contributed by atoms with Crippen LogP contribution in [0.3, 0.4) is 0 Å². The molecule has 0 radical (unpaired) electrons. The molecule has 0 bridgehead atoms. The zero-order chi connectivity index (χ0) is 15.9. The van der Waals surface area contributed by atoms with E-state index in [4.69, 9.17) is 0 Å². The van der Waals surface area contributed by atoms with Crippen LogP contribution in [0.4, 0.5) is 5.82 Å². The van der Waals surface area contributed by atoms with Gasteiger partial charge in [0.1, 0.15) is 5.82 Å². The van der Waals surface area contributed by atoms with Gasteiger partial charge in [0.05, 0.1) is 11.1 Å². The van der Waals surface area contributed by atoms with E-state index in [0.29, 0.717) is 16.9 Å². The number of amides is 3. The summed E-state index contributed by atoms with van der Waals surface area (Å²) in [6.45, 7) is 1.90. The maximum absolute atomic E-state index is 12.2. The number of imide groups is 1. The summed E-state index contributed by atoms with van der Waals surface area (Å²) in [5.74, 6) is -0.698. The average Bonchev–Trinajstić information content (AvgIpc) is 2.72. The van der Waals surface area contributed by atoms with Gasteiger partial charge in [-0.1, -0.05) is 0 Å². The number of aryl methyl sites for hydroxylation is 1. The van der Waals surface area contributed by atoms with Crippen LogP contribution < -0.4 is 5.32 Å². The Hall–Kier alpha value is -3.02. The van der Waals surface area contributed by atoms with Crippen molar-refractivity contribution >= 4 is 23.5 Å². The van der Waals surface area contributed by atoms with Crippen LogP contribution in [0, 0.1) is 6.92 Å². The number of pyridine rings is 1. The van der Waals surface area contributed by atoms with Gasteiger partial charge in [-0.25, -0.2) is 4.98 Å². The average molecular weight is 295 g/mol. The van der Waals surface area contributed by atoms with E-state index in [0.717, 1.165) is 10.5 Å². The Morgan fingerprint density at radius 1 is 1.09 bits per heavy atom. The van der Waals surface area contributed by atoms with Crippen LogP contribution in [-0.4, -0.2) is 34.7 Å². The first-order chi connectivity index (χ1) is 10.5. The zero-order valence-electron chi connectivity index (χ0n) is 12.1. The molecule has 3 amide bonds. The third-order valence-corrected chi connectivity index (χ3v) is 3.51. The number of nitrogens with one attached hydrogen (secondary N) is 1. The van der Waals surface area contributed by atoms with Gasteiger partial charge in [-0.2, -0.15) is 0 Å². The molecule has 1 aliphatic heterocycles. The number of aromatic nitrogens is 1. The first-order valence-corrected chi connectivity index (χ1v) is 6.68. The highest BCUT2D eigenvalue weighted by molar-refractivity contribution is 6.22. The van der Waals surface area contributed by atoms with Gasteiger partial charge in [0.15, 0.2) is 0 Å². The van der Waals surface area contributed by atoms with E-state index >= 15 is 0 Å². The number of benzene rings is 1. The minimum absolute atomic E-state index is 0.248. The van der Waals surface area contributed by atoms with Crippen LogP contribution in [0.5, 0.6) is 0 Å². The lowest BCUT2D eigenvalue weighted by Crippen LogP contribution is -2.24. The fourth-order valence-corrected chi connectivity index (χ4v) is 2.30. The number of hydrogen-bond donors (Lipinski definition) is 1. The molecule has 1 aromatic heterocycles. The Kier molecular flexibility index (Phi) is 3.21. The van der Waals surface area contributed by atoms with Crippen molar-refractivity contribution in [1.82, 2.24) is 9.88 Å². The van der Waals surface area contributed by atoms with Crippen LogP contribution in [0.2, 0.25) is 0 Å². The molecule has 0 spiro atoms. The Morgan fingerprint density at radius 3 is 2.55 bits per heavy atom. The minimum Gasteiger partial charge on any atom is -0.307 e. The van der Waals surface area contributed by atoms with E-state index in [1.807, 2.05) is 13.0 Å². The maximum atomic E-state index is 12.2. The molecule has 3 rings (SSSR count). The van der Waals surface area contributed by atoms with Crippen molar-refractivity contribution < 1.29 is 14.4 Å². The SMILES string of the molecule is Cc1ccnc(NC(=O)c2ccc3c(c2)C(=O)N(C)C3=O)c1. The summed E-state index contributed by atoms with van der Waals surface area (Å²) in [7, 11) is 1.42. The van der Waals surface area contributed by atoms with Crippen molar-refractivity contribution in [2.45, 2.75) is 6.92 Å². The summed E-state index contributed by atoms with van der Waals surface area (Å²) in [4.78, 5) is 41.1. The summed E-state index contributed by atoms with van der Waals surface area (Å²) in [5.41, 5.74) is 1.84. The number of nitrogens with zero attached hydrogens (tertiary/aromatic N) is 2. The van der Waals surface area contributed by atoms with E-state index in [1.165, 1.54) is 25.2 Å². The Morgan fingerprint density at radius 2 is 1.82 bits per heavy atom. The summed E-state index contributed by atoms with van der Waals surface area (Å²) >= 11 is 0. The summed E-state index contributed by atoms with van der Waals surface area (Å²) < 4.78 is 0. The molecule has 1 N–H and O–H groups in total. The van der Waals surface area contributed by atoms with Gasteiger partial charge >= 0.3 is 0 Å². The van der Waals surface area contributed by atoms with Crippen LogP contribution in [0.15, 0.2) is 36.5 Å². The fourth-order valence-electron chi connectivity index (χ4n) is 2.30. The van der Waals surface area contributed by atoms with Crippen LogP contribution >= 0.6 is 0 Å². The standard InChI is InChI=1S/C16H13N3O3/c1-9-5-6-17-13(7-9)18-14(20)10-3-4-11-12(8-10)16(22)19(2)15(11)21/h3-8H,1-2H3,(H,17,18,20). The molecule has 1 aliphatic rings. The number of carbonyl (C=O) groups is 3. The number of carbonyl (C=O) groups excluding carboxylic acids is 3. The molecule has 110 valence electrons. The number of anilines is 1. The molecular weight excluding hydrogens is 282 g/mol. The topological polar surface area (TPSA) is 79.4 Å². The summed E-state index contributed by atoms with van der Waals surface area (Å²) in [5, 5.41) is 2.67. The van der Waals surface area contributed by atoms with Crippen LogP contribution in [0.1, 0.15) is 36.6 Å². The monoisotopic (exact) mass is 295 g/mol. The number of fused-ring (bicyclic) bond motifs is 1. The number of rotatable bonds is 2. The highest BCUT2D eigenvalue weighted by Crippen LogP contribution is 2.23. The largest absolute Gasteiger partial charge is 0.307 e. The van der Waals surface area contributed by atoms with Crippen molar-refractivity contribution in [2.75, 3.05) is 12.4 Å². The quantitative estimate of drug-likeness (QED) is 0.858. The van der Waals surface area contributed by atoms with Gasteiger partial charge in [-0.05, 0) is 42.8 Å². The lowest BCUT2D eigenvalue weighted by molar-refractivity contribution is 0.0693. The fraction of sp³-hybridized carbons (Fsp3) is 0.125. The van der Waals surface area contributed by atoms with E-state index in [9.17, 15) is 14.4 Å². The normalized spacial score (nSPS) is 13.3. The second-order valence-corrected chi connectivity index (χ2v) is 5.10. The third kappa shape index (κ3) is 2.24. The van der Waals surface area contributed by atoms with E-state index in [-0.39, 0.29) is 17.4 Å². The minimum atomic E-state index is -0.400. The first kappa shape index (κ1) is 13.9. The highest BCUT2D eigenvalue weighted by atomic mass is 16.2. The Balaban J connectivity index is 1.89. The molecule has 0 saturated carbocycles. The van der Waals surface area contributed by atoms with Crippen molar-refractivity contribution in [3.63, 3.8) is 0 Å². The van der Waals surface area contributed by atoms with E-state index in [1.54, 1.807) is 12.3 Å². The molecule has 0 saturated heterocycles. The van der Waals surface area contributed by atoms with E-state index < -0.39 is 5.91 Å². The highest BCUT2D eigenvalue weighted by Gasteiger charge is 2.33. The second kappa shape index (κ2) is 5.07. The second-order valence-electron chi connectivity index (χ2n) is 5.10. The first-order valence-electron chi connectivity index (χ1n) is 6.68. The maximum Gasteiger partial charge on any atom is 0.261 e. The molecule has 22 heavy (non-hydrogen) atoms. The molecule has 0 aliphatic carbocycles. The van der Waals surface area contributed by atoms with Crippen molar-refractivity contribution in [3.05, 3.63) is 58.8 Å². The predicted octanol–water partition coefficient (Wildman–Crippen LogP) is 1.87. The summed E-state index contributed by atoms with van der Waals surface area (Å²) in [6, 6.07) is 8.02. The molecule has 0 unspecified atom stereocenters. The molecule has 0 atom stereocenters. The molecule has 6 nitrogen and oxygen atoms in total. The Labute approximate surface area is 126 Å². The van der Waals surface area contributed by atoms with E-state index in [2.05, 4.69) is 10.3 Å². The van der Waals surface area contributed by atoms with Gasteiger partial charge in [-0.15, -0.1) is 0 Å². The van der Waals surface area contributed by atoms with Gasteiger partial charge in [-0.3, -0.25) is 19.3 Å². The lowest BCUT2D eigenvalue weighted by atomic mass is 10.1. The van der Waals surface area contributed by atoms with Gasteiger partial charge < -0.3 is 5.32 Å². The molecule has 2 aromatic rings.